The Bertz CT molecular complexity index is 343. The summed E-state index contributed by atoms with van der Waals surface area (Å²) in [6.45, 7) is 3.64. The summed E-state index contributed by atoms with van der Waals surface area (Å²) < 4.78 is 19.2. The fourth-order valence-electron chi connectivity index (χ4n) is 2.35. The summed E-state index contributed by atoms with van der Waals surface area (Å²) in [5.74, 6) is 0.322. The third-order valence-corrected chi connectivity index (χ3v) is 3.26. The maximum Gasteiger partial charge on any atom is 0.126 e. The number of hydrogen-bond donors (Lipinski definition) is 0. The number of benzene rings is 1. The van der Waals surface area contributed by atoms with Crippen LogP contribution in [-0.2, 0) is 11.2 Å². The normalized spacial score (nSPS) is 17.6. The SMILES string of the molecule is CCCc1ccc(C2CCOCC2)c(F)c1. The Labute approximate surface area is 96.6 Å². The van der Waals surface area contributed by atoms with E-state index in [0.717, 1.165) is 50.0 Å². The fourth-order valence-corrected chi connectivity index (χ4v) is 2.35. The van der Waals surface area contributed by atoms with Crippen LogP contribution in [0.5, 0.6) is 0 Å². The van der Waals surface area contributed by atoms with Crippen LogP contribution in [0, 0.1) is 5.82 Å². The molecule has 0 radical (unpaired) electrons. The zero-order chi connectivity index (χ0) is 11.4. The summed E-state index contributed by atoms with van der Waals surface area (Å²) in [6.07, 6.45) is 3.93. The van der Waals surface area contributed by atoms with Crippen molar-refractivity contribution < 1.29 is 9.13 Å². The zero-order valence-corrected chi connectivity index (χ0v) is 9.84. The van der Waals surface area contributed by atoms with Gasteiger partial charge in [0, 0.05) is 13.2 Å². The van der Waals surface area contributed by atoms with Gasteiger partial charge in [0.1, 0.15) is 5.82 Å². The van der Waals surface area contributed by atoms with Crippen molar-refractivity contribution in [3.63, 3.8) is 0 Å². The molecule has 88 valence electrons. The molecule has 1 saturated heterocycles. The van der Waals surface area contributed by atoms with Crippen molar-refractivity contribution in [3.05, 3.63) is 35.1 Å². The molecule has 0 spiro atoms. The molecule has 1 fully saturated rings. The van der Waals surface area contributed by atoms with Gasteiger partial charge in [-0.15, -0.1) is 0 Å². The molecule has 1 aliphatic heterocycles. The molecule has 16 heavy (non-hydrogen) atoms. The van der Waals surface area contributed by atoms with Crippen LogP contribution in [0.4, 0.5) is 4.39 Å². The van der Waals surface area contributed by atoms with Gasteiger partial charge in [-0.05, 0) is 42.4 Å². The molecular formula is C14H19FO. The number of aryl methyl sites for hydroxylation is 1. The van der Waals surface area contributed by atoms with E-state index in [0.29, 0.717) is 5.92 Å². The minimum atomic E-state index is -0.0298. The third-order valence-electron chi connectivity index (χ3n) is 3.26. The summed E-state index contributed by atoms with van der Waals surface area (Å²) in [4.78, 5) is 0. The fraction of sp³-hybridized carbons (Fsp3) is 0.571. The molecule has 1 aromatic rings. The largest absolute Gasteiger partial charge is 0.381 e. The third kappa shape index (κ3) is 2.62. The summed E-state index contributed by atoms with van der Waals surface area (Å²) in [7, 11) is 0. The first kappa shape index (κ1) is 11.6. The molecule has 2 heteroatoms. The van der Waals surface area contributed by atoms with Crippen molar-refractivity contribution >= 4 is 0 Å². The van der Waals surface area contributed by atoms with Gasteiger partial charge in [0.15, 0.2) is 0 Å². The number of hydrogen-bond acceptors (Lipinski definition) is 1. The lowest BCUT2D eigenvalue weighted by atomic mass is 9.90. The molecule has 0 bridgehead atoms. The molecule has 1 aromatic carbocycles. The van der Waals surface area contributed by atoms with Gasteiger partial charge in [-0.25, -0.2) is 4.39 Å². The van der Waals surface area contributed by atoms with E-state index in [1.54, 1.807) is 6.07 Å². The molecule has 0 aliphatic carbocycles. The molecule has 0 N–H and O–H groups in total. The van der Waals surface area contributed by atoms with Gasteiger partial charge in [0.05, 0.1) is 0 Å². The minimum Gasteiger partial charge on any atom is -0.381 e. The van der Waals surface area contributed by atoms with Crippen LogP contribution in [-0.4, -0.2) is 13.2 Å². The van der Waals surface area contributed by atoms with Crippen LogP contribution in [0.15, 0.2) is 18.2 Å². The average Bonchev–Trinajstić information content (AvgIpc) is 2.31. The van der Waals surface area contributed by atoms with Gasteiger partial charge >= 0.3 is 0 Å². The number of ether oxygens (including phenoxy) is 1. The second-order valence-electron chi connectivity index (χ2n) is 4.49. The molecule has 2 rings (SSSR count). The highest BCUT2D eigenvalue weighted by Gasteiger charge is 2.19. The Balaban J connectivity index is 2.14. The van der Waals surface area contributed by atoms with Crippen molar-refractivity contribution in [1.82, 2.24) is 0 Å². The van der Waals surface area contributed by atoms with Crippen molar-refractivity contribution in [1.29, 1.82) is 0 Å². The molecule has 0 aromatic heterocycles. The van der Waals surface area contributed by atoms with Gasteiger partial charge in [-0.3, -0.25) is 0 Å². The van der Waals surface area contributed by atoms with E-state index in [4.69, 9.17) is 4.74 Å². The lowest BCUT2D eigenvalue weighted by molar-refractivity contribution is 0.0846. The molecule has 1 aliphatic rings. The van der Waals surface area contributed by atoms with Gasteiger partial charge < -0.3 is 4.74 Å². The van der Waals surface area contributed by atoms with Gasteiger partial charge in [-0.2, -0.15) is 0 Å². The van der Waals surface area contributed by atoms with Gasteiger partial charge in [-0.1, -0.05) is 25.5 Å². The molecule has 0 saturated carbocycles. The minimum absolute atomic E-state index is 0.0298. The second kappa shape index (κ2) is 5.44. The summed E-state index contributed by atoms with van der Waals surface area (Å²) in [6, 6.07) is 5.74. The predicted molar refractivity (Wildman–Crippen MR) is 63.2 cm³/mol. The van der Waals surface area contributed by atoms with Crippen molar-refractivity contribution in [2.75, 3.05) is 13.2 Å². The molecule has 0 atom stereocenters. The highest BCUT2D eigenvalue weighted by molar-refractivity contribution is 5.27. The lowest BCUT2D eigenvalue weighted by Crippen LogP contribution is -2.15. The second-order valence-corrected chi connectivity index (χ2v) is 4.49. The van der Waals surface area contributed by atoms with Crippen LogP contribution in [0.1, 0.15) is 43.2 Å². The van der Waals surface area contributed by atoms with E-state index in [2.05, 4.69) is 13.0 Å². The van der Waals surface area contributed by atoms with Gasteiger partial charge in [0.25, 0.3) is 0 Å². The Morgan fingerprint density at radius 2 is 2.06 bits per heavy atom. The highest BCUT2D eigenvalue weighted by Crippen LogP contribution is 2.29. The molecule has 0 amide bonds. The van der Waals surface area contributed by atoms with E-state index in [1.807, 2.05) is 6.07 Å². The molecular weight excluding hydrogens is 203 g/mol. The summed E-state index contributed by atoms with van der Waals surface area (Å²) in [5.41, 5.74) is 1.99. The van der Waals surface area contributed by atoms with Crippen molar-refractivity contribution in [3.8, 4) is 0 Å². The van der Waals surface area contributed by atoms with Crippen LogP contribution < -0.4 is 0 Å². The van der Waals surface area contributed by atoms with Crippen molar-refractivity contribution in [2.45, 2.75) is 38.5 Å². The monoisotopic (exact) mass is 222 g/mol. The zero-order valence-electron chi connectivity index (χ0n) is 9.84. The predicted octanol–water partition coefficient (Wildman–Crippen LogP) is 3.67. The number of halogens is 1. The quantitative estimate of drug-likeness (QED) is 0.758. The Hall–Kier alpha value is -0.890. The molecule has 0 unspecified atom stereocenters. The lowest BCUT2D eigenvalue weighted by Gasteiger charge is -2.23. The van der Waals surface area contributed by atoms with E-state index >= 15 is 0 Å². The van der Waals surface area contributed by atoms with Crippen LogP contribution in [0.25, 0.3) is 0 Å². The standard InChI is InChI=1S/C14H19FO/c1-2-3-11-4-5-13(14(15)10-11)12-6-8-16-9-7-12/h4-5,10,12H,2-3,6-9H2,1H3. The first-order valence-corrected chi connectivity index (χ1v) is 6.17. The summed E-state index contributed by atoms with van der Waals surface area (Å²) in [5, 5.41) is 0. The highest BCUT2D eigenvalue weighted by atomic mass is 19.1. The molecule has 1 nitrogen and oxygen atoms in total. The first-order chi connectivity index (χ1) is 7.81. The maximum atomic E-state index is 13.9. The Morgan fingerprint density at radius 3 is 2.69 bits per heavy atom. The topological polar surface area (TPSA) is 9.23 Å². The number of rotatable bonds is 3. The van der Waals surface area contributed by atoms with E-state index < -0.39 is 0 Å². The van der Waals surface area contributed by atoms with Crippen molar-refractivity contribution in [2.24, 2.45) is 0 Å². The first-order valence-electron chi connectivity index (χ1n) is 6.17. The van der Waals surface area contributed by atoms with E-state index in [-0.39, 0.29) is 5.82 Å². The van der Waals surface area contributed by atoms with Crippen LogP contribution in [0.2, 0.25) is 0 Å². The summed E-state index contributed by atoms with van der Waals surface area (Å²) >= 11 is 0. The Morgan fingerprint density at radius 1 is 1.31 bits per heavy atom. The molecule has 1 heterocycles. The Kier molecular flexibility index (Phi) is 3.94. The van der Waals surface area contributed by atoms with E-state index in [9.17, 15) is 4.39 Å². The van der Waals surface area contributed by atoms with E-state index in [1.165, 1.54) is 0 Å². The van der Waals surface area contributed by atoms with Crippen LogP contribution in [0.3, 0.4) is 0 Å². The van der Waals surface area contributed by atoms with Gasteiger partial charge in [0.2, 0.25) is 0 Å². The smallest absolute Gasteiger partial charge is 0.126 e. The maximum absolute atomic E-state index is 13.9. The van der Waals surface area contributed by atoms with Crippen LogP contribution >= 0.6 is 0 Å². The average molecular weight is 222 g/mol.